The number of pyridine rings is 1. The minimum absolute atomic E-state index is 0.0208. The number of nitrogens with zero attached hydrogens (tertiary/aromatic N) is 2. The van der Waals surface area contributed by atoms with Crippen LogP contribution < -0.4 is 0 Å². The van der Waals surface area contributed by atoms with Crippen LogP contribution in [0.15, 0.2) is 18.3 Å². The molecule has 0 aliphatic heterocycles. The van der Waals surface area contributed by atoms with E-state index in [1.807, 2.05) is 0 Å². The Balaban J connectivity index is 2.94. The summed E-state index contributed by atoms with van der Waals surface area (Å²) in [6.45, 7) is -3.97. The molecule has 0 aliphatic carbocycles. The molecule has 16 heavy (non-hydrogen) atoms. The fourth-order valence-corrected chi connectivity index (χ4v) is 1.34. The Morgan fingerprint density at radius 3 is 3.25 bits per heavy atom. The van der Waals surface area contributed by atoms with E-state index in [-0.39, 0.29) is 12.1 Å². The molecule has 0 amide bonds. The zero-order valence-electron chi connectivity index (χ0n) is 16.5. The average Bonchev–Trinajstić information content (AvgIpc) is 2.81. The number of hydrogen-bond donors (Lipinski definition) is 0. The summed E-state index contributed by atoms with van der Waals surface area (Å²) in [4.78, 5) is 12.2. The Bertz CT molecular complexity index is 806. The topological polar surface area (TPSA) is 43.6 Å². The Hall–Kier alpha value is -1.84. The third-order valence-electron chi connectivity index (χ3n) is 1.98. The lowest BCUT2D eigenvalue weighted by Gasteiger charge is -2.01. The highest BCUT2D eigenvalue weighted by Gasteiger charge is 2.17. The van der Waals surface area contributed by atoms with Gasteiger partial charge in [-0.05, 0) is 38.3 Å². The summed E-state index contributed by atoms with van der Waals surface area (Å²) in [5, 5.41) is 3.73. The van der Waals surface area contributed by atoms with Crippen molar-refractivity contribution in [2.75, 3.05) is 6.61 Å². The first-order valence-corrected chi connectivity index (χ1v) is 4.60. The number of aryl methyl sites for hydroxylation is 2. The molecule has 2 aromatic heterocycles. The monoisotopic (exact) mass is 226 g/mol. The summed E-state index contributed by atoms with van der Waals surface area (Å²) in [5.74, 6) is -0.979. The summed E-state index contributed by atoms with van der Waals surface area (Å²) in [7, 11) is 0. The van der Waals surface area contributed by atoms with Crippen molar-refractivity contribution >= 4 is 11.5 Å². The number of fused-ring (bicyclic) bond motifs is 1. The van der Waals surface area contributed by atoms with Crippen molar-refractivity contribution < 1.29 is 20.5 Å². The highest BCUT2D eigenvalue weighted by atomic mass is 16.5. The van der Waals surface area contributed by atoms with Crippen LogP contribution in [-0.2, 0) is 4.74 Å². The molecule has 4 nitrogen and oxygen atoms in total. The molecule has 0 N–H and O–H groups in total. The maximum absolute atomic E-state index is 12.2. The highest BCUT2D eigenvalue weighted by molar-refractivity contribution is 5.98. The predicted molar refractivity (Wildman–Crippen MR) is 60.6 cm³/mol. The largest absolute Gasteiger partial charge is 0.462 e. The van der Waals surface area contributed by atoms with E-state index in [1.165, 1.54) is 6.92 Å². The van der Waals surface area contributed by atoms with E-state index >= 15 is 0 Å². The van der Waals surface area contributed by atoms with E-state index in [9.17, 15) is 4.79 Å². The normalized spacial score (nSPS) is 19.6. The first kappa shape index (κ1) is 4.57. The van der Waals surface area contributed by atoms with Crippen LogP contribution in [0, 0.1) is 13.7 Å². The number of aromatic nitrogens is 2. The molecule has 0 atom stereocenters. The van der Waals surface area contributed by atoms with Crippen LogP contribution in [0.1, 0.15) is 39.5 Å². The number of rotatable bonds is 2. The molecule has 0 spiro atoms. The molecular formula is C12H14N2O2. The van der Waals surface area contributed by atoms with Crippen LogP contribution in [0.2, 0.25) is 0 Å². The molecule has 0 aliphatic rings. The first-order valence-electron chi connectivity index (χ1n) is 8.60. The van der Waals surface area contributed by atoms with Gasteiger partial charge in [0.1, 0.15) is 5.56 Å². The van der Waals surface area contributed by atoms with Gasteiger partial charge in [-0.3, -0.25) is 0 Å². The fourth-order valence-electron chi connectivity index (χ4n) is 1.34. The predicted octanol–water partition coefficient (Wildman–Crippen LogP) is 2.13. The summed E-state index contributed by atoms with van der Waals surface area (Å²) < 4.78 is 66.1. The summed E-state index contributed by atoms with van der Waals surface area (Å²) in [6, 6.07) is 0.375. The maximum atomic E-state index is 12.2. The van der Waals surface area contributed by atoms with Crippen LogP contribution in [0.25, 0.3) is 5.52 Å². The third-order valence-corrected chi connectivity index (χ3v) is 1.98. The van der Waals surface area contributed by atoms with Gasteiger partial charge in [-0.25, -0.2) is 9.31 Å². The van der Waals surface area contributed by atoms with Gasteiger partial charge in [-0.2, -0.15) is 5.10 Å². The number of carbonyl (C=O) groups is 1. The van der Waals surface area contributed by atoms with Crippen LogP contribution in [0.5, 0.6) is 0 Å². The minimum atomic E-state index is -2.77. The Labute approximate surface area is 105 Å². The van der Waals surface area contributed by atoms with Crippen molar-refractivity contribution in [3.63, 3.8) is 0 Å². The quantitative estimate of drug-likeness (QED) is 0.737. The Kier molecular flexibility index (Phi) is 1.13. The number of hydrogen-bond acceptors (Lipinski definition) is 3. The Morgan fingerprint density at radius 2 is 2.56 bits per heavy atom. The SMILES string of the molecule is [2H]c1c(C([2H])([2H])[2H])cc2c(C(=O)OCC)c(C([2H])([2H])[2H])nn2c1[2H]. The maximum Gasteiger partial charge on any atom is 0.342 e. The van der Waals surface area contributed by atoms with Gasteiger partial charge in [-0.15, -0.1) is 0 Å². The molecule has 0 saturated heterocycles. The third kappa shape index (κ3) is 1.66. The number of ether oxygens (including phenoxy) is 1. The number of carbonyl (C=O) groups excluding carboxylic acids is 1. The molecule has 0 fully saturated rings. The van der Waals surface area contributed by atoms with Crippen LogP contribution >= 0.6 is 0 Å². The first-order chi connectivity index (χ1) is 10.9. The molecule has 0 bridgehead atoms. The van der Waals surface area contributed by atoms with Gasteiger partial charge >= 0.3 is 5.97 Å². The second-order valence-electron chi connectivity index (χ2n) is 3.04. The standard InChI is InChI=1S/C12H14N2O2/c1-4-16-12(15)11-9(3)13-14-6-5-8(2)7-10(11)14/h5-7H,4H2,1-3H3/i2D3,3D3,5D,6D. The lowest BCUT2D eigenvalue weighted by molar-refractivity contribution is 0.0528. The van der Waals surface area contributed by atoms with Gasteiger partial charge in [0.2, 0.25) is 0 Å². The van der Waals surface area contributed by atoms with Crippen molar-refractivity contribution in [2.45, 2.75) is 20.6 Å². The van der Waals surface area contributed by atoms with Crippen molar-refractivity contribution in [1.29, 1.82) is 0 Å². The average molecular weight is 226 g/mol. The molecule has 0 aromatic carbocycles. The summed E-state index contributed by atoms with van der Waals surface area (Å²) in [6.07, 6.45) is -0.625. The molecule has 2 rings (SSSR count). The van der Waals surface area contributed by atoms with Crippen molar-refractivity contribution in [2.24, 2.45) is 0 Å². The van der Waals surface area contributed by atoms with Crippen molar-refractivity contribution in [1.82, 2.24) is 9.61 Å². The second-order valence-corrected chi connectivity index (χ2v) is 3.04. The van der Waals surface area contributed by atoms with Crippen LogP contribution in [0.4, 0.5) is 0 Å². The van der Waals surface area contributed by atoms with E-state index in [1.54, 1.807) is 0 Å². The molecule has 0 saturated carbocycles. The Morgan fingerprint density at radius 1 is 1.69 bits per heavy atom. The zero-order chi connectivity index (χ0) is 18.4. The summed E-state index contributed by atoms with van der Waals surface area (Å²) in [5.41, 5.74) is -1.68. The van der Waals surface area contributed by atoms with E-state index in [0.717, 1.165) is 10.6 Å². The van der Waals surface area contributed by atoms with Crippen molar-refractivity contribution in [3.8, 4) is 0 Å². The molecule has 2 aromatic rings. The van der Waals surface area contributed by atoms with Gasteiger partial charge < -0.3 is 4.74 Å². The zero-order valence-corrected chi connectivity index (χ0v) is 8.50. The van der Waals surface area contributed by atoms with Gasteiger partial charge in [0, 0.05) is 14.4 Å². The molecular weight excluding hydrogens is 204 g/mol. The molecule has 0 unspecified atom stereocenters. The minimum Gasteiger partial charge on any atom is -0.462 e. The highest BCUT2D eigenvalue weighted by Crippen LogP contribution is 2.17. The van der Waals surface area contributed by atoms with Gasteiger partial charge in [-0.1, -0.05) is 0 Å². The molecule has 0 radical (unpaired) electrons. The molecule has 4 heteroatoms. The second kappa shape index (κ2) is 3.96. The fraction of sp³-hybridized carbons (Fsp3) is 0.333. The van der Waals surface area contributed by atoms with E-state index in [2.05, 4.69) is 5.10 Å². The lowest BCUT2D eigenvalue weighted by atomic mass is 10.2. The van der Waals surface area contributed by atoms with E-state index < -0.39 is 48.7 Å². The van der Waals surface area contributed by atoms with Crippen LogP contribution in [0.3, 0.4) is 0 Å². The van der Waals surface area contributed by atoms with E-state index in [0.29, 0.717) is 0 Å². The number of esters is 1. The van der Waals surface area contributed by atoms with E-state index in [4.69, 9.17) is 15.7 Å². The van der Waals surface area contributed by atoms with Crippen molar-refractivity contribution in [3.05, 3.63) is 35.1 Å². The van der Waals surface area contributed by atoms with Gasteiger partial charge in [0.15, 0.2) is 0 Å². The van der Waals surface area contributed by atoms with Gasteiger partial charge in [0.25, 0.3) is 0 Å². The summed E-state index contributed by atoms with van der Waals surface area (Å²) >= 11 is 0. The smallest absolute Gasteiger partial charge is 0.342 e. The van der Waals surface area contributed by atoms with Crippen LogP contribution in [-0.4, -0.2) is 22.2 Å². The molecule has 2 heterocycles. The van der Waals surface area contributed by atoms with Gasteiger partial charge in [0.05, 0.1) is 20.6 Å². The lowest BCUT2D eigenvalue weighted by Crippen LogP contribution is -2.05. The molecule has 84 valence electrons.